The first-order chi connectivity index (χ1) is 17.9. The molecule has 0 amide bonds. The molecule has 0 fully saturated rings. The zero-order valence-electron chi connectivity index (χ0n) is 19.2. The van der Waals surface area contributed by atoms with Gasteiger partial charge in [-0.3, -0.25) is 0 Å². The molecule has 5 aromatic rings. The fraction of sp³-hybridized carbons (Fsp3) is 0.167. The predicted molar refractivity (Wildman–Crippen MR) is 122 cm³/mol. The number of hydrogen-bond acceptors (Lipinski definition) is 8. The van der Waals surface area contributed by atoms with Gasteiger partial charge < -0.3 is 18.6 Å². The Bertz CT molecular complexity index is 1570. The van der Waals surface area contributed by atoms with Gasteiger partial charge in [0.1, 0.15) is 17.0 Å². The molecule has 0 spiro atoms. The first-order valence-corrected chi connectivity index (χ1v) is 10.7. The van der Waals surface area contributed by atoms with Gasteiger partial charge in [0.25, 0.3) is 12.3 Å². The van der Waals surface area contributed by atoms with E-state index in [1.165, 1.54) is 44.7 Å². The number of rotatable bonds is 8. The van der Waals surface area contributed by atoms with Crippen LogP contribution in [0.15, 0.2) is 59.1 Å². The van der Waals surface area contributed by atoms with E-state index >= 15 is 0 Å². The minimum absolute atomic E-state index is 0.0196. The minimum Gasteiger partial charge on any atom is -0.496 e. The number of ether oxygens (including phenoxy) is 3. The van der Waals surface area contributed by atoms with E-state index in [1.807, 2.05) is 0 Å². The van der Waals surface area contributed by atoms with E-state index in [4.69, 9.17) is 13.9 Å². The van der Waals surface area contributed by atoms with Crippen molar-refractivity contribution < 1.29 is 36.2 Å². The highest BCUT2D eigenvalue weighted by Crippen LogP contribution is 2.36. The molecule has 9 nitrogen and oxygen atoms in total. The molecule has 0 aliphatic heterocycles. The second-order valence-corrected chi connectivity index (χ2v) is 7.52. The third-order valence-corrected chi connectivity index (χ3v) is 5.39. The van der Waals surface area contributed by atoms with Crippen LogP contribution in [0.3, 0.4) is 0 Å². The van der Waals surface area contributed by atoms with E-state index in [-0.39, 0.29) is 40.2 Å². The molecule has 190 valence electrons. The summed E-state index contributed by atoms with van der Waals surface area (Å²) in [6.07, 6.45) is -1.57. The van der Waals surface area contributed by atoms with Crippen molar-refractivity contribution in [3.8, 4) is 51.4 Å². The number of halogens is 4. The molecule has 13 heteroatoms. The highest BCUT2D eigenvalue weighted by atomic mass is 19.3. The molecule has 0 aliphatic carbocycles. The summed E-state index contributed by atoms with van der Waals surface area (Å²) < 4.78 is 74.8. The van der Waals surface area contributed by atoms with Crippen LogP contribution in [0.1, 0.15) is 12.1 Å². The maximum atomic E-state index is 14.0. The molecular weight excluding hydrogens is 498 g/mol. The molecule has 0 N–H and O–H groups in total. The number of methoxy groups -OCH3 is 2. The third kappa shape index (κ3) is 4.50. The zero-order chi connectivity index (χ0) is 26.1. The van der Waals surface area contributed by atoms with Crippen molar-refractivity contribution in [3.05, 3.63) is 60.4 Å². The summed E-state index contributed by atoms with van der Waals surface area (Å²) in [5.74, 6) is 0.288. The average Bonchev–Trinajstić information content (AvgIpc) is 3.55. The molecule has 0 aliphatic rings. The molecule has 0 saturated heterocycles. The van der Waals surface area contributed by atoms with Crippen molar-refractivity contribution in [2.24, 2.45) is 0 Å². The first kappa shape index (κ1) is 24.0. The number of nitrogens with zero attached hydrogens (tertiary/aromatic N) is 5. The predicted octanol–water partition coefficient (Wildman–Crippen LogP) is 5.67. The van der Waals surface area contributed by atoms with E-state index < -0.39 is 18.7 Å². The second-order valence-electron chi connectivity index (χ2n) is 7.52. The van der Waals surface area contributed by atoms with Crippen LogP contribution in [0, 0.1) is 0 Å². The summed E-state index contributed by atoms with van der Waals surface area (Å²) >= 11 is 0. The van der Waals surface area contributed by atoms with Gasteiger partial charge in [0.05, 0.1) is 26.1 Å². The van der Waals surface area contributed by atoms with E-state index in [0.717, 1.165) is 4.52 Å². The Kier molecular flexibility index (Phi) is 6.34. The third-order valence-electron chi connectivity index (χ3n) is 5.39. The first-order valence-electron chi connectivity index (χ1n) is 10.7. The van der Waals surface area contributed by atoms with Gasteiger partial charge in [-0.05, 0) is 36.4 Å². The Hall–Kier alpha value is -4.68. The quantitative estimate of drug-likeness (QED) is 0.244. The fourth-order valence-electron chi connectivity index (χ4n) is 3.73. The van der Waals surface area contributed by atoms with Gasteiger partial charge in [-0.15, -0.1) is 10.2 Å². The van der Waals surface area contributed by atoms with Crippen LogP contribution in [-0.2, 0) is 0 Å². The molecule has 0 saturated carbocycles. The Balaban J connectivity index is 1.59. The van der Waals surface area contributed by atoms with Crippen LogP contribution in [0.5, 0.6) is 17.2 Å². The normalized spacial score (nSPS) is 11.5. The molecule has 0 atom stereocenters. The molecular formula is C24H17F4N5O4. The van der Waals surface area contributed by atoms with Crippen LogP contribution >= 0.6 is 0 Å². The van der Waals surface area contributed by atoms with Crippen molar-refractivity contribution in [1.82, 2.24) is 24.8 Å². The van der Waals surface area contributed by atoms with Gasteiger partial charge in [-0.2, -0.15) is 13.9 Å². The molecule has 3 aromatic heterocycles. The van der Waals surface area contributed by atoms with Gasteiger partial charge in [0.15, 0.2) is 17.1 Å². The number of para-hydroxylation sites is 1. The Morgan fingerprint density at radius 2 is 1.59 bits per heavy atom. The molecule has 2 aromatic carbocycles. The largest absolute Gasteiger partial charge is 0.496 e. The molecule has 0 bridgehead atoms. The number of fused-ring (bicyclic) bond motifs is 1. The SMILES string of the molecule is COc1cc(-c2nnc(-c3cnn4c(C(F)F)cc(-c5ccccc5OC)nc34)o2)ccc1OC(F)F. The summed E-state index contributed by atoms with van der Waals surface area (Å²) in [7, 11) is 2.76. The summed E-state index contributed by atoms with van der Waals surface area (Å²) in [5, 5.41) is 12.0. The topological polar surface area (TPSA) is 96.8 Å². The van der Waals surface area contributed by atoms with Gasteiger partial charge >= 0.3 is 6.61 Å². The van der Waals surface area contributed by atoms with Crippen LogP contribution in [-0.4, -0.2) is 45.6 Å². The highest BCUT2D eigenvalue weighted by molar-refractivity contribution is 5.76. The van der Waals surface area contributed by atoms with Crippen LogP contribution in [0.25, 0.3) is 39.8 Å². The molecule has 3 heterocycles. The van der Waals surface area contributed by atoms with Crippen molar-refractivity contribution in [2.75, 3.05) is 14.2 Å². The molecule has 0 radical (unpaired) electrons. The summed E-state index contributed by atoms with van der Waals surface area (Å²) in [6, 6.07) is 12.2. The molecule has 37 heavy (non-hydrogen) atoms. The van der Waals surface area contributed by atoms with Crippen LogP contribution < -0.4 is 14.2 Å². The van der Waals surface area contributed by atoms with E-state index in [9.17, 15) is 17.6 Å². The molecule has 5 rings (SSSR count). The van der Waals surface area contributed by atoms with Crippen molar-refractivity contribution in [1.29, 1.82) is 0 Å². The van der Waals surface area contributed by atoms with Crippen LogP contribution in [0.2, 0.25) is 0 Å². The van der Waals surface area contributed by atoms with Crippen molar-refractivity contribution in [2.45, 2.75) is 13.0 Å². The molecule has 0 unspecified atom stereocenters. The van der Waals surface area contributed by atoms with Crippen molar-refractivity contribution in [3.63, 3.8) is 0 Å². The maximum absolute atomic E-state index is 14.0. The van der Waals surface area contributed by atoms with Crippen LogP contribution in [0.4, 0.5) is 17.6 Å². The standard InChI is InChI=1S/C24H17F4N5O4/c1-34-17-6-4-3-5-13(17)15-10-16(20(25)26)33-21(30-15)14(11-29-33)23-32-31-22(37-23)12-7-8-18(36-24(27)28)19(9-12)35-2/h3-11,20,24H,1-2H3. The van der Waals surface area contributed by atoms with Gasteiger partial charge in [-0.1, -0.05) is 12.1 Å². The van der Waals surface area contributed by atoms with Gasteiger partial charge in [-0.25, -0.2) is 18.3 Å². The van der Waals surface area contributed by atoms with Gasteiger partial charge in [0.2, 0.25) is 5.89 Å². The van der Waals surface area contributed by atoms with E-state index in [0.29, 0.717) is 16.9 Å². The smallest absolute Gasteiger partial charge is 0.387 e. The van der Waals surface area contributed by atoms with Gasteiger partial charge in [0, 0.05) is 11.1 Å². The number of alkyl halides is 4. The Labute approximate surface area is 206 Å². The number of aromatic nitrogens is 5. The second kappa shape index (κ2) is 9.76. The maximum Gasteiger partial charge on any atom is 0.387 e. The van der Waals surface area contributed by atoms with E-state index in [2.05, 4.69) is 25.0 Å². The van der Waals surface area contributed by atoms with Crippen molar-refractivity contribution >= 4 is 5.65 Å². The lowest BCUT2D eigenvalue weighted by Gasteiger charge is -2.11. The average molecular weight is 515 g/mol. The lowest BCUT2D eigenvalue weighted by atomic mass is 10.1. The summed E-state index contributed by atoms with van der Waals surface area (Å²) in [5.41, 5.74) is 0.974. The number of benzene rings is 2. The highest BCUT2D eigenvalue weighted by Gasteiger charge is 2.23. The lowest BCUT2D eigenvalue weighted by molar-refractivity contribution is -0.0512. The summed E-state index contributed by atoms with van der Waals surface area (Å²) in [6.45, 7) is -3.03. The summed E-state index contributed by atoms with van der Waals surface area (Å²) in [4.78, 5) is 4.53. The lowest BCUT2D eigenvalue weighted by Crippen LogP contribution is -2.03. The number of hydrogen-bond donors (Lipinski definition) is 0. The monoisotopic (exact) mass is 515 g/mol. The Morgan fingerprint density at radius 3 is 2.32 bits per heavy atom. The zero-order valence-corrected chi connectivity index (χ0v) is 19.2. The minimum atomic E-state index is -3.03. The Morgan fingerprint density at radius 1 is 0.838 bits per heavy atom. The fourth-order valence-corrected chi connectivity index (χ4v) is 3.73. The van der Waals surface area contributed by atoms with E-state index in [1.54, 1.807) is 24.3 Å².